The Morgan fingerprint density at radius 2 is 2.10 bits per heavy atom. The molecule has 0 saturated heterocycles. The van der Waals surface area contributed by atoms with Gasteiger partial charge in [-0.25, -0.2) is 9.37 Å². The molecule has 8 heteroatoms. The number of aromatic amines is 1. The van der Waals surface area contributed by atoms with Crippen LogP contribution in [-0.4, -0.2) is 26.0 Å². The first kappa shape index (κ1) is 19.4. The van der Waals surface area contributed by atoms with Gasteiger partial charge in [-0.2, -0.15) is 4.98 Å². The Hall–Kier alpha value is -3.55. The summed E-state index contributed by atoms with van der Waals surface area (Å²) in [6.07, 6.45) is 4.15. The molecular weight excluding hydrogens is 397 g/mol. The summed E-state index contributed by atoms with van der Waals surface area (Å²) in [6.45, 7) is 1.68. The number of nitrogens with one attached hydrogen (secondary N) is 2. The van der Waals surface area contributed by atoms with E-state index in [0.29, 0.717) is 40.9 Å². The quantitative estimate of drug-likeness (QED) is 0.463. The van der Waals surface area contributed by atoms with Crippen LogP contribution < -0.4 is 5.32 Å². The van der Waals surface area contributed by atoms with E-state index in [1.165, 1.54) is 25.3 Å². The standard InChI is InChI=1S/C23H22FN5O2/c1-13-11-15(5-7-17(13)24)23-28-21(31-29-23)10-9-20(30)25-16-6-8-18-19(12-16)27-22(26-18)14-3-2-4-14/h5-8,11-12,14H,2-4,9-10H2,1H3,(H,25,30)(H,26,27). The summed E-state index contributed by atoms with van der Waals surface area (Å²) < 4.78 is 18.7. The van der Waals surface area contributed by atoms with E-state index in [-0.39, 0.29) is 18.1 Å². The Balaban J connectivity index is 1.20. The van der Waals surface area contributed by atoms with Crippen molar-refractivity contribution in [1.29, 1.82) is 0 Å². The maximum atomic E-state index is 13.4. The lowest BCUT2D eigenvalue weighted by Crippen LogP contribution is -2.12. The molecule has 1 aliphatic rings. The van der Waals surface area contributed by atoms with E-state index in [1.807, 2.05) is 18.2 Å². The molecule has 4 aromatic rings. The first-order valence-corrected chi connectivity index (χ1v) is 10.4. The molecule has 1 fully saturated rings. The fourth-order valence-electron chi connectivity index (χ4n) is 3.68. The topological polar surface area (TPSA) is 96.7 Å². The van der Waals surface area contributed by atoms with E-state index in [4.69, 9.17) is 4.52 Å². The van der Waals surface area contributed by atoms with Gasteiger partial charge in [0, 0.05) is 30.0 Å². The highest BCUT2D eigenvalue weighted by molar-refractivity contribution is 5.93. The number of H-pyrrole nitrogens is 1. The van der Waals surface area contributed by atoms with Crippen molar-refractivity contribution < 1.29 is 13.7 Å². The fraction of sp³-hybridized carbons (Fsp3) is 0.304. The molecule has 1 aliphatic carbocycles. The minimum absolute atomic E-state index is 0.143. The summed E-state index contributed by atoms with van der Waals surface area (Å²) in [5, 5.41) is 6.83. The summed E-state index contributed by atoms with van der Waals surface area (Å²) in [4.78, 5) is 24.7. The second-order valence-corrected chi connectivity index (χ2v) is 8.01. The van der Waals surface area contributed by atoms with Gasteiger partial charge >= 0.3 is 0 Å². The van der Waals surface area contributed by atoms with Crippen molar-refractivity contribution in [3.8, 4) is 11.4 Å². The summed E-state index contributed by atoms with van der Waals surface area (Å²) in [5.74, 6) is 1.88. The Labute approximate surface area is 178 Å². The lowest BCUT2D eigenvalue weighted by molar-refractivity contribution is -0.116. The summed E-state index contributed by atoms with van der Waals surface area (Å²) >= 11 is 0. The highest BCUT2D eigenvalue weighted by Crippen LogP contribution is 2.35. The Morgan fingerprint density at radius 1 is 1.23 bits per heavy atom. The molecule has 1 amide bonds. The molecule has 0 spiro atoms. The zero-order chi connectivity index (χ0) is 21.4. The van der Waals surface area contributed by atoms with Crippen LogP contribution in [0.2, 0.25) is 0 Å². The van der Waals surface area contributed by atoms with Crippen LogP contribution in [0.15, 0.2) is 40.9 Å². The molecule has 0 bridgehead atoms. The monoisotopic (exact) mass is 419 g/mol. The lowest BCUT2D eigenvalue weighted by atomic mass is 9.85. The van der Waals surface area contributed by atoms with Crippen molar-refractivity contribution >= 4 is 22.6 Å². The molecule has 0 aliphatic heterocycles. The number of aromatic nitrogens is 4. The molecule has 2 aromatic heterocycles. The third-order valence-corrected chi connectivity index (χ3v) is 5.73. The molecule has 0 unspecified atom stereocenters. The molecule has 5 rings (SSSR count). The number of anilines is 1. The van der Waals surface area contributed by atoms with E-state index in [9.17, 15) is 9.18 Å². The number of carbonyl (C=O) groups excluding carboxylic acids is 1. The van der Waals surface area contributed by atoms with Crippen molar-refractivity contribution in [2.24, 2.45) is 0 Å². The van der Waals surface area contributed by atoms with Crippen LogP contribution in [0.1, 0.15) is 48.9 Å². The minimum atomic E-state index is -0.281. The number of halogens is 1. The highest BCUT2D eigenvalue weighted by Gasteiger charge is 2.22. The van der Waals surface area contributed by atoms with E-state index >= 15 is 0 Å². The average molecular weight is 419 g/mol. The van der Waals surface area contributed by atoms with Crippen molar-refractivity contribution in [3.63, 3.8) is 0 Å². The Kier molecular flexibility index (Phi) is 4.97. The number of hydrogen-bond donors (Lipinski definition) is 2. The number of imidazole rings is 1. The second kappa shape index (κ2) is 7.94. The zero-order valence-electron chi connectivity index (χ0n) is 17.1. The van der Waals surface area contributed by atoms with Gasteiger partial charge in [0.15, 0.2) is 0 Å². The van der Waals surface area contributed by atoms with Crippen LogP contribution >= 0.6 is 0 Å². The molecular formula is C23H22FN5O2. The van der Waals surface area contributed by atoms with Crippen LogP contribution in [-0.2, 0) is 11.2 Å². The van der Waals surface area contributed by atoms with Gasteiger partial charge in [0.1, 0.15) is 11.6 Å². The molecule has 7 nitrogen and oxygen atoms in total. The third-order valence-electron chi connectivity index (χ3n) is 5.73. The summed E-state index contributed by atoms with van der Waals surface area (Å²) in [7, 11) is 0. The molecule has 0 atom stereocenters. The van der Waals surface area contributed by atoms with Gasteiger partial charge in [-0.05, 0) is 61.7 Å². The van der Waals surface area contributed by atoms with Crippen molar-refractivity contribution in [2.45, 2.75) is 44.9 Å². The van der Waals surface area contributed by atoms with Gasteiger partial charge in [0.05, 0.1) is 11.0 Å². The molecule has 2 aromatic carbocycles. The highest BCUT2D eigenvalue weighted by atomic mass is 19.1. The molecule has 1 saturated carbocycles. The predicted octanol–water partition coefficient (Wildman–Crippen LogP) is 4.90. The van der Waals surface area contributed by atoms with Crippen molar-refractivity contribution in [1.82, 2.24) is 20.1 Å². The molecule has 0 radical (unpaired) electrons. The Bertz CT molecular complexity index is 1260. The zero-order valence-corrected chi connectivity index (χ0v) is 17.1. The smallest absolute Gasteiger partial charge is 0.227 e. The van der Waals surface area contributed by atoms with Gasteiger partial charge in [0.25, 0.3) is 0 Å². The second-order valence-electron chi connectivity index (χ2n) is 8.01. The maximum absolute atomic E-state index is 13.4. The van der Waals surface area contributed by atoms with Gasteiger partial charge in [-0.15, -0.1) is 0 Å². The van der Waals surface area contributed by atoms with Crippen molar-refractivity contribution in [2.75, 3.05) is 5.32 Å². The third kappa shape index (κ3) is 4.05. The first-order valence-electron chi connectivity index (χ1n) is 10.4. The van der Waals surface area contributed by atoms with E-state index < -0.39 is 0 Å². The van der Waals surface area contributed by atoms with Gasteiger partial charge in [-0.3, -0.25) is 4.79 Å². The van der Waals surface area contributed by atoms with E-state index in [2.05, 4.69) is 25.4 Å². The number of benzene rings is 2. The molecule has 2 N–H and O–H groups in total. The predicted molar refractivity (Wildman–Crippen MR) is 114 cm³/mol. The number of fused-ring (bicyclic) bond motifs is 1. The molecule has 31 heavy (non-hydrogen) atoms. The fourth-order valence-corrected chi connectivity index (χ4v) is 3.68. The van der Waals surface area contributed by atoms with Gasteiger partial charge < -0.3 is 14.8 Å². The van der Waals surface area contributed by atoms with Crippen molar-refractivity contribution in [3.05, 3.63) is 59.5 Å². The average Bonchev–Trinajstić information content (AvgIpc) is 3.34. The van der Waals surface area contributed by atoms with Crippen LogP contribution in [0.3, 0.4) is 0 Å². The SMILES string of the molecule is Cc1cc(-c2noc(CCC(=O)Nc3ccc4nc(C5CCC5)[nH]c4c3)n2)ccc1F. The van der Waals surface area contributed by atoms with Crippen LogP contribution in [0, 0.1) is 12.7 Å². The number of aryl methyl sites for hydroxylation is 2. The number of hydrogen-bond acceptors (Lipinski definition) is 5. The normalized spacial score (nSPS) is 14.0. The Morgan fingerprint density at radius 3 is 2.87 bits per heavy atom. The number of carbonyl (C=O) groups is 1. The lowest BCUT2D eigenvalue weighted by Gasteiger charge is -2.22. The van der Waals surface area contributed by atoms with Gasteiger partial charge in [-0.1, -0.05) is 11.6 Å². The molecule has 2 heterocycles. The first-order chi connectivity index (χ1) is 15.0. The van der Waals surface area contributed by atoms with Gasteiger partial charge in [0.2, 0.25) is 17.6 Å². The molecule has 158 valence electrons. The van der Waals surface area contributed by atoms with E-state index in [0.717, 1.165) is 16.9 Å². The number of nitrogens with zero attached hydrogens (tertiary/aromatic N) is 3. The van der Waals surface area contributed by atoms with Crippen LogP contribution in [0.5, 0.6) is 0 Å². The van der Waals surface area contributed by atoms with Crippen LogP contribution in [0.25, 0.3) is 22.4 Å². The minimum Gasteiger partial charge on any atom is -0.342 e. The van der Waals surface area contributed by atoms with E-state index in [1.54, 1.807) is 19.1 Å². The maximum Gasteiger partial charge on any atom is 0.227 e. The summed E-state index contributed by atoms with van der Waals surface area (Å²) in [6, 6.07) is 10.3. The summed E-state index contributed by atoms with van der Waals surface area (Å²) in [5.41, 5.74) is 3.74. The number of amides is 1. The number of rotatable bonds is 6. The van der Waals surface area contributed by atoms with Crippen LogP contribution in [0.4, 0.5) is 10.1 Å². The largest absolute Gasteiger partial charge is 0.342 e.